The van der Waals surface area contributed by atoms with Crippen molar-refractivity contribution in [3.63, 3.8) is 0 Å². The summed E-state index contributed by atoms with van der Waals surface area (Å²) in [5.41, 5.74) is 2.79. The van der Waals surface area contributed by atoms with E-state index in [4.69, 9.17) is 9.47 Å². The molecule has 1 N–H and O–H groups in total. The fraction of sp³-hybridized carbons (Fsp3) is 0.333. The van der Waals surface area contributed by atoms with Gasteiger partial charge in [0.15, 0.2) is 0 Å². The molecule has 2 aliphatic rings. The van der Waals surface area contributed by atoms with Gasteiger partial charge in [-0.2, -0.15) is 0 Å². The number of imidazole rings is 1. The number of methoxy groups -OCH3 is 1. The number of H-pyrrole nitrogens is 1. The first kappa shape index (κ1) is 16.8. The van der Waals surface area contributed by atoms with Gasteiger partial charge in [-0.15, -0.1) is 0 Å². The molecule has 0 radical (unpaired) electrons. The smallest absolute Gasteiger partial charge is 0.497 e. The minimum atomic E-state index is -0.200. The molecule has 3 rings (SSSR count). The summed E-state index contributed by atoms with van der Waals surface area (Å²) < 4.78 is 15.0. The van der Waals surface area contributed by atoms with Gasteiger partial charge in [-0.3, -0.25) is 4.79 Å². The van der Waals surface area contributed by atoms with Crippen molar-refractivity contribution in [1.82, 2.24) is 19.5 Å². The first-order valence-electron chi connectivity index (χ1n) is 8.15. The molecule has 2 aliphatic heterocycles. The Morgan fingerprint density at radius 2 is 2.16 bits per heavy atom. The zero-order valence-corrected chi connectivity index (χ0v) is 14.6. The first-order chi connectivity index (χ1) is 12.2. The van der Waals surface area contributed by atoms with Crippen LogP contribution in [0.1, 0.15) is 25.2 Å². The molecule has 0 atom stereocenters. The Balaban J connectivity index is 1.71. The summed E-state index contributed by atoms with van der Waals surface area (Å²) in [6.45, 7) is 4.89. The molecule has 0 aromatic carbocycles. The number of aromatic nitrogens is 2. The number of rotatable bonds is 5. The molecular formula is C18H21N4O3+. The van der Waals surface area contributed by atoms with Gasteiger partial charge in [0.05, 0.1) is 31.4 Å². The van der Waals surface area contributed by atoms with E-state index in [-0.39, 0.29) is 11.8 Å². The highest BCUT2D eigenvalue weighted by atomic mass is 16.5. The molecule has 7 nitrogen and oxygen atoms in total. The molecule has 0 spiro atoms. The fourth-order valence-electron chi connectivity index (χ4n) is 2.67. The zero-order valence-electron chi connectivity index (χ0n) is 14.6. The quantitative estimate of drug-likeness (QED) is 0.496. The number of nitrogens with one attached hydrogen (secondary N) is 1. The highest BCUT2D eigenvalue weighted by Gasteiger charge is 2.43. The van der Waals surface area contributed by atoms with Crippen LogP contribution >= 0.6 is 0 Å². The van der Waals surface area contributed by atoms with Gasteiger partial charge in [-0.05, 0) is 32.1 Å². The third kappa shape index (κ3) is 3.41. The van der Waals surface area contributed by atoms with E-state index < -0.39 is 0 Å². The third-order valence-electron chi connectivity index (χ3n) is 4.15. The van der Waals surface area contributed by atoms with Crippen molar-refractivity contribution in [1.29, 1.82) is 0 Å². The Morgan fingerprint density at radius 1 is 1.36 bits per heavy atom. The molecule has 3 heterocycles. The second kappa shape index (κ2) is 7.23. The molecule has 0 fully saturated rings. The molecule has 0 saturated heterocycles. The maximum atomic E-state index is 12.5. The largest absolute Gasteiger partial charge is 0.568 e. The number of hydrogen-bond acceptors (Lipinski definition) is 4. The number of fused-ring (bicyclic) bond motifs is 1. The second-order valence-electron chi connectivity index (χ2n) is 5.60. The van der Waals surface area contributed by atoms with Crippen LogP contribution in [0.3, 0.4) is 0 Å². The van der Waals surface area contributed by atoms with Crippen LogP contribution in [0.2, 0.25) is 0 Å². The van der Waals surface area contributed by atoms with E-state index in [9.17, 15) is 4.79 Å². The minimum absolute atomic E-state index is 0.128. The molecule has 0 bridgehead atoms. The summed E-state index contributed by atoms with van der Waals surface area (Å²) in [6.07, 6.45) is 9.79. The first-order valence-corrected chi connectivity index (χ1v) is 8.15. The second-order valence-corrected chi connectivity index (χ2v) is 5.60. The minimum Gasteiger partial charge on any atom is -0.497 e. The summed E-state index contributed by atoms with van der Waals surface area (Å²) >= 11 is 0. The van der Waals surface area contributed by atoms with Gasteiger partial charge in [-0.1, -0.05) is 6.08 Å². The Hall–Kier alpha value is -3.05. The summed E-state index contributed by atoms with van der Waals surface area (Å²) in [5.74, 6) is 1.11. The Kier molecular flexibility index (Phi) is 4.86. The summed E-state index contributed by atoms with van der Waals surface area (Å²) in [5, 5.41) is 0. The normalized spacial score (nSPS) is 17.5. The average Bonchev–Trinajstić information content (AvgIpc) is 3.07. The number of ether oxygens (including phenoxy) is 2. The van der Waals surface area contributed by atoms with Crippen molar-refractivity contribution in [2.24, 2.45) is 0 Å². The van der Waals surface area contributed by atoms with Gasteiger partial charge in [-0.25, -0.2) is 4.98 Å². The van der Waals surface area contributed by atoms with Crippen LogP contribution in [0.5, 0.6) is 0 Å². The van der Waals surface area contributed by atoms with Gasteiger partial charge >= 0.3 is 17.7 Å². The Bertz CT molecular complexity index is 838. The highest BCUT2D eigenvalue weighted by molar-refractivity contribution is 6.40. The highest BCUT2D eigenvalue weighted by Crippen LogP contribution is 2.16. The van der Waals surface area contributed by atoms with E-state index >= 15 is 0 Å². The predicted octanol–water partition coefficient (Wildman–Crippen LogP) is 1.24. The molecule has 1 amide bonds. The average molecular weight is 341 g/mol. The molecular weight excluding hydrogens is 320 g/mol. The zero-order chi connectivity index (χ0) is 17.8. The summed E-state index contributed by atoms with van der Waals surface area (Å²) in [7, 11) is 1.61. The van der Waals surface area contributed by atoms with E-state index in [1.54, 1.807) is 18.3 Å². The molecule has 25 heavy (non-hydrogen) atoms. The third-order valence-corrected chi connectivity index (χ3v) is 4.15. The van der Waals surface area contributed by atoms with Gasteiger partial charge in [0.1, 0.15) is 11.3 Å². The molecule has 1 aromatic rings. The molecule has 130 valence electrons. The number of carbonyl (C=O) groups excluding carboxylic acids is 1. The van der Waals surface area contributed by atoms with Crippen molar-refractivity contribution >= 4 is 17.7 Å². The van der Waals surface area contributed by atoms with Crippen molar-refractivity contribution in [2.75, 3.05) is 13.7 Å². The van der Waals surface area contributed by atoms with E-state index in [1.165, 1.54) is 0 Å². The van der Waals surface area contributed by atoms with Crippen LogP contribution in [0.4, 0.5) is 0 Å². The number of carbonyl (C=O) groups is 1. The van der Waals surface area contributed by atoms with Gasteiger partial charge in [0.2, 0.25) is 0 Å². The van der Waals surface area contributed by atoms with Crippen LogP contribution in [0.15, 0.2) is 42.0 Å². The number of aromatic amines is 1. The Labute approximate surface area is 146 Å². The lowest BCUT2D eigenvalue weighted by atomic mass is 10.1. The fourth-order valence-corrected chi connectivity index (χ4v) is 2.67. The molecule has 0 unspecified atom stereocenters. The lowest BCUT2D eigenvalue weighted by Crippen LogP contribution is -2.46. The lowest BCUT2D eigenvalue weighted by Gasteiger charge is -2.24. The molecule has 1 aromatic heterocycles. The van der Waals surface area contributed by atoms with Crippen LogP contribution in [0, 0.1) is 0 Å². The van der Waals surface area contributed by atoms with Crippen molar-refractivity contribution in [3.8, 4) is 0 Å². The van der Waals surface area contributed by atoms with E-state index in [0.717, 1.165) is 29.1 Å². The van der Waals surface area contributed by atoms with Crippen LogP contribution < -0.4 is 4.67 Å². The van der Waals surface area contributed by atoms with Crippen LogP contribution in [0.25, 0.3) is 0 Å². The van der Waals surface area contributed by atoms with Crippen molar-refractivity contribution in [2.45, 2.75) is 26.8 Å². The maximum Gasteiger partial charge on any atom is 0.568 e. The van der Waals surface area contributed by atoms with Gasteiger partial charge in [0, 0.05) is 17.6 Å². The Morgan fingerprint density at radius 3 is 2.84 bits per heavy atom. The predicted molar refractivity (Wildman–Crippen MR) is 94.6 cm³/mol. The summed E-state index contributed by atoms with van der Waals surface area (Å²) in [6, 6.07) is 0. The lowest BCUT2D eigenvalue weighted by molar-refractivity contribution is -0.126. The standard InChI is InChI=1S/C18H20N4O3/c1-4-12(6-7-13(5-2)24-3)16-21-17(25-16)18(23)22-9-8-14-15(10-22)20-11-19-14/h4-7,11H,8-10H2,1-3H3/p+1/b7-6-,12-4+,13-5+. The van der Waals surface area contributed by atoms with Crippen molar-refractivity contribution < 1.29 is 14.3 Å². The SMILES string of the molecule is C\C=C(/C=C\C(=C/C)C1=[N+]=C(C(=O)N2CCc3nc[nH]c3C2)O1)OC. The number of hydrogen-bond donors (Lipinski definition) is 1. The topological polar surface area (TPSA) is 81.6 Å². The van der Waals surface area contributed by atoms with Crippen LogP contribution in [-0.4, -0.2) is 46.2 Å². The molecule has 0 aliphatic carbocycles. The number of nitrogens with zero attached hydrogens (tertiary/aromatic N) is 3. The summed E-state index contributed by atoms with van der Waals surface area (Å²) in [4.78, 5) is 21.5. The van der Waals surface area contributed by atoms with E-state index in [2.05, 4.69) is 14.6 Å². The van der Waals surface area contributed by atoms with Crippen molar-refractivity contribution in [3.05, 3.63) is 53.4 Å². The molecule has 0 saturated carbocycles. The van der Waals surface area contributed by atoms with E-state index in [0.29, 0.717) is 19.0 Å². The van der Waals surface area contributed by atoms with Gasteiger partial charge < -0.3 is 19.4 Å². The molecule has 7 heteroatoms. The number of amides is 1. The number of allylic oxidation sites excluding steroid dienone is 3. The van der Waals surface area contributed by atoms with Crippen LogP contribution in [-0.2, 0) is 27.2 Å². The van der Waals surface area contributed by atoms with E-state index in [1.807, 2.05) is 38.2 Å². The van der Waals surface area contributed by atoms with Gasteiger partial charge in [0.25, 0.3) is 0 Å². The maximum absolute atomic E-state index is 12.5. The monoisotopic (exact) mass is 341 g/mol.